The number of halogens is 1. The number of hydrogen-bond acceptors (Lipinski definition) is 3. The summed E-state index contributed by atoms with van der Waals surface area (Å²) in [6.07, 6.45) is 3.41. The van der Waals surface area contributed by atoms with Gasteiger partial charge in [-0.05, 0) is 23.6 Å². The molecule has 0 bridgehead atoms. The van der Waals surface area contributed by atoms with E-state index in [0.717, 1.165) is 10.6 Å². The van der Waals surface area contributed by atoms with Crippen molar-refractivity contribution in [3.05, 3.63) is 50.9 Å². The molecule has 0 saturated carbocycles. The van der Waals surface area contributed by atoms with E-state index in [2.05, 4.69) is 15.5 Å². The van der Waals surface area contributed by atoms with Crippen LogP contribution in [0.4, 0.5) is 0 Å². The first-order valence-corrected chi connectivity index (χ1v) is 6.48. The summed E-state index contributed by atoms with van der Waals surface area (Å²) < 4.78 is 0. The van der Waals surface area contributed by atoms with Gasteiger partial charge in [-0.2, -0.15) is 5.10 Å². The zero-order chi connectivity index (χ0) is 12.5. The zero-order valence-corrected chi connectivity index (χ0v) is 10.7. The van der Waals surface area contributed by atoms with Gasteiger partial charge in [-0.1, -0.05) is 17.7 Å². The molecule has 3 rings (SSSR count). The Bertz CT molecular complexity index is 655. The van der Waals surface area contributed by atoms with E-state index in [4.69, 9.17) is 11.6 Å². The third-order valence-electron chi connectivity index (χ3n) is 2.49. The quantitative estimate of drug-likeness (QED) is 0.815. The SMILES string of the molecule is O=C1NN=C(c2cccs2)C1=Cc1cc(Cl)c[nH]1. The molecule has 18 heavy (non-hydrogen) atoms. The Labute approximate surface area is 112 Å². The Balaban J connectivity index is 2.01. The lowest BCUT2D eigenvalue weighted by molar-refractivity contribution is -0.116. The van der Waals surface area contributed by atoms with E-state index >= 15 is 0 Å². The van der Waals surface area contributed by atoms with Gasteiger partial charge in [0.2, 0.25) is 0 Å². The highest BCUT2D eigenvalue weighted by Gasteiger charge is 2.24. The molecule has 0 aliphatic carbocycles. The lowest BCUT2D eigenvalue weighted by Crippen LogP contribution is -2.13. The Kier molecular flexibility index (Phi) is 2.77. The molecule has 2 aromatic rings. The second-order valence-corrected chi connectivity index (χ2v) is 5.09. The van der Waals surface area contributed by atoms with Crippen LogP contribution in [0.25, 0.3) is 6.08 Å². The summed E-state index contributed by atoms with van der Waals surface area (Å²) >= 11 is 7.37. The number of amides is 1. The predicted molar refractivity (Wildman–Crippen MR) is 72.8 cm³/mol. The Hall–Kier alpha value is -1.85. The molecule has 0 radical (unpaired) electrons. The fourth-order valence-corrected chi connectivity index (χ4v) is 2.59. The number of nitrogens with zero attached hydrogens (tertiary/aromatic N) is 1. The van der Waals surface area contributed by atoms with Crippen molar-refractivity contribution in [1.29, 1.82) is 0 Å². The number of hydrogen-bond donors (Lipinski definition) is 2. The highest BCUT2D eigenvalue weighted by Crippen LogP contribution is 2.21. The molecule has 1 amide bonds. The summed E-state index contributed by atoms with van der Waals surface area (Å²) in [5.74, 6) is -0.205. The maximum Gasteiger partial charge on any atom is 0.273 e. The van der Waals surface area contributed by atoms with Crippen LogP contribution in [0.15, 0.2) is 40.5 Å². The van der Waals surface area contributed by atoms with Gasteiger partial charge in [0.25, 0.3) is 5.91 Å². The highest BCUT2D eigenvalue weighted by molar-refractivity contribution is 7.12. The van der Waals surface area contributed by atoms with Crippen molar-refractivity contribution < 1.29 is 4.79 Å². The summed E-state index contributed by atoms with van der Waals surface area (Å²) in [7, 11) is 0. The van der Waals surface area contributed by atoms with E-state index in [1.165, 1.54) is 0 Å². The average molecular weight is 278 g/mol. The lowest BCUT2D eigenvalue weighted by Gasteiger charge is -1.97. The maximum absolute atomic E-state index is 11.8. The van der Waals surface area contributed by atoms with Gasteiger partial charge in [0, 0.05) is 11.9 Å². The Morgan fingerprint density at radius 2 is 2.33 bits per heavy atom. The average Bonchev–Trinajstić information content (AvgIpc) is 3.03. The van der Waals surface area contributed by atoms with Gasteiger partial charge in [-0.3, -0.25) is 4.79 Å². The number of carbonyl (C=O) groups is 1. The molecule has 0 fully saturated rings. The molecule has 0 aromatic carbocycles. The number of nitrogens with one attached hydrogen (secondary N) is 2. The van der Waals surface area contributed by atoms with Crippen molar-refractivity contribution in [2.75, 3.05) is 0 Å². The number of H-pyrrole nitrogens is 1. The van der Waals surface area contributed by atoms with Crippen LogP contribution in [-0.4, -0.2) is 16.6 Å². The molecule has 0 unspecified atom stereocenters. The minimum absolute atomic E-state index is 0.205. The lowest BCUT2D eigenvalue weighted by atomic mass is 10.1. The van der Waals surface area contributed by atoms with Crippen LogP contribution in [0, 0.1) is 0 Å². The van der Waals surface area contributed by atoms with Crippen LogP contribution >= 0.6 is 22.9 Å². The molecular weight excluding hydrogens is 270 g/mol. The highest BCUT2D eigenvalue weighted by atomic mass is 35.5. The van der Waals surface area contributed by atoms with E-state index in [-0.39, 0.29) is 5.91 Å². The smallest absolute Gasteiger partial charge is 0.273 e. The van der Waals surface area contributed by atoms with Crippen LogP contribution < -0.4 is 5.43 Å². The second-order valence-electron chi connectivity index (χ2n) is 3.71. The van der Waals surface area contributed by atoms with Crippen LogP contribution in [0.2, 0.25) is 5.02 Å². The first kappa shape index (κ1) is 11.3. The van der Waals surface area contributed by atoms with Crippen molar-refractivity contribution in [2.24, 2.45) is 5.10 Å². The van der Waals surface area contributed by atoms with Crippen molar-refractivity contribution >= 4 is 40.6 Å². The maximum atomic E-state index is 11.8. The van der Waals surface area contributed by atoms with Crippen LogP contribution in [-0.2, 0) is 4.79 Å². The van der Waals surface area contributed by atoms with E-state index in [9.17, 15) is 4.79 Å². The van der Waals surface area contributed by atoms with E-state index < -0.39 is 0 Å². The van der Waals surface area contributed by atoms with Gasteiger partial charge in [0.15, 0.2) is 0 Å². The van der Waals surface area contributed by atoms with Gasteiger partial charge in [-0.25, -0.2) is 5.43 Å². The molecular formula is C12H8ClN3OS. The first-order valence-electron chi connectivity index (χ1n) is 5.22. The van der Waals surface area contributed by atoms with Gasteiger partial charge in [0.1, 0.15) is 5.71 Å². The van der Waals surface area contributed by atoms with E-state index in [1.54, 1.807) is 29.7 Å². The summed E-state index contributed by atoms with van der Waals surface area (Å²) in [6, 6.07) is 5.61. The number of aromatic amines is 1. The summed E-state index contributed by atoms with van der Waals surface area (Å²) in [5.41, 5.74) is 4.46. The minimum atomic E-state index is -0.205. The molecule has 0 saturated heterocycles. The topological polar surface area (TPSA) is 57.2 Å². The largest absolute Gasteiger partial charge is 0.360 e. The monoisotopic (exact) mass is 277 g/mol. The minimum Gasteiger partial charge on any atom is -0.360 e. The van der Waals surface area contributed by atoms with E-state index in [1.807, 2.05) is 17.5 Å². The van der Waals surface area contributed by atoms with Crippen LogP contribution in [0.1, 0.15) is 10.6 Å². The summed E-state index contributed by atoms with van der Waals surface area (Å²) in [5, 5.41) is 6.61. The molecule has 6 heteroatoms. The summed E-state index contributed by atoms with van der Waals surface area (Å²) in [4.78, 5) is 15.7. The molecule has 3 heterocycles. The molecule has 90 valence electrons. The van der Waals surface area contributed by atoms with Crippen LogP contribution in [0.5, 0.6) is 0 Å². The molecule has 2 N–H and O–H groups in total. The Morgan fingerprint density at radius 3 is 3.00 bits per heavy atom. The Morgan fingerprint density at radius 1 is 1.44 bits per heavy atom. The first-order chi connectivity index (χ1) is 8.74. The van der Waals surface area contributed by atoms with Gasteiger partial charge >= 0.3 is 0 Å². The fourth-order valence-electron chi connectivity index (χ4n) is 1.69. The number of hydrazone groups is 1. The van der Waals surface area contributed by atoms with E-state index in [0.29, 0.717) is 16.3 Å². The third kappa shape index (κ3) is 1.98. The second kappa shape index (κ2) is 4.44. The van der Waals surface area contributed by atoms with Crippen molar-refractivity contribution in [3.8, 4) is 0 Å². The fraction of sp³-hybridized carbons (Fsp3) is 0. The molecule has 1 aliphatic heterocycles. The number of rotatable bonds is 2. The zero-order valence-electron chi connectivity index (χ0n) is 9.11. The normalized spacial score (nSPS) is 17.1. The van der Waals surface area contributed by atoms with Gasteiger partial charge < -0.3 is 4.98 Å². The van der Waals surface area contributed by atoms with Crippen molar-refractivity contribution in [2.45, 2.75) is 0 Å². The van der Waals surface area contributed by atoms with Gasteiger partial charge in [0.05, 0.1) is 15.5 Å². The number of thiophene rings is 1. The number of carbonyl (C=O) groups excluding carboxylic acids is 1. The molecule has 0 spiro atoms. The van der Waals surface area contributed by atoms with Crippen molar-refractivity contribution in [3.63, 3.8) is 0 Å². The summed E-state index contributed by atoms with van der Waals surface area (Å²) in [6.45, 7) is 0. The standard InChI is InChI=1S/C12H8ClN3OS/c13-7-4-8(14-6-7)5-9-11(15-16-12(9)17)10-2-1-3-18-10/h1-6,14H,(H,16,17). The third-order valence-corrected chi connectivity index (χ3v) is 3.59. The number of aromatic nitrogens is 1. The van der Waals surface area contributed by atoms with Crippen molar-refractivity contribution in [1.82, 2.24) is 10.4 Å². The molecule has 2 aromatic heterocycles. The van der Waals surface area contributed by atoms with Crippen LogP contribution in [0.3, 0.4) is 0 Å². The molecule has 4 nitrogen and oxygen atoms in total. The molecule has 1 aliphatic rings. The van der Waals surface area contributed by atoms with Gasteiger partial charge in [-0.15, -0.1) is 11.3 Å². The molecule has 0 atom stereocenters. The predicted octanol–water partition coefficient (Wildman–Crippen LogP) is 2.65.